The van der Waals surface area contributed by atoms with Crippen LogP contribution >= 0.6 is 0 Å². The summed E-state index contributed by atoms with van der Waals surface area (Å²) < 4.78 is 0. The Kier molecular flexibility index (Phi) is 3.00. The van der Waals surface area contributed by atoms with Crippen LogP contribution in [0, 0.1) is 13.8 Å². The van der Waals surface area contributed by atoms with Crippen LogP contribution in [0.1, 0.15) is 37.6 Å². The van der Waals surface area contributed by atoms with E-state index in [1.165, 1.54) is 27.7 Å². The van der Waals surface area contributed by atoms with Gasteiger partial charge in [-0.3, -0.25) is 0 Å². The average molecular weight is 230 g/mol. The third-order valence-corrected chi connectivity index (χ3v) is 3.09. The molecular weight excluding hydrogens is 208 g/mol. The van der Waals surface area contributed by atoms with E-state index in [-0.39, 0.29) is 5.54 Å². The maximum Gasteiger partial charge on any atom is 0.0488 e. The van der Waals surface area contributed by atoms with Crippen LogP contribution in [-0.4, -0.2) is 10.5 Å². The Bertz CT molecular complexity index is 491. The van der Waals surface area contributed by atoms with E-state index in [9.17, 15) is 0 Å². The van der Waals surface area contributed by atoms with Crippen molar-refractivity contribution >= 4 is 10.9 Å². The largest absolute Gasteiger partial charge is 0.357 e. The molecule has 0 bridgehead atoms. The summed E-state index contributed by atoms with van der Waals surface area (Å²) in [6, 6.07) is 6.62. The second-order valence-electron chi connectivity index (χ2n) is 5.89. The molecule has 2 rings (SSSR count). The zero-order valence-corrected chi connectivity index (χ0v) is 11.4. The van der Waals surface area contributed by atoms with Crippen LogP contribution in [0.15, 0.2) is 18.2 Å². The van der Waals surface area contributed by atoms with Gasteiger partial charge in [-0.2, -0.15) is 0 Å². The molecule has 0 saturated heterocycles. The molecule has 2 nitrogen and oxygen atoms in total. The quantitative estimate of drug-likeness (QED) is 0.809. The summed E-state index contributed by atoms with van der Waals surface area (Å²) in [5.41, 5.74) is 5.33. The van der Waals surface area contributed by atoms with Gasteiger partial charge in [0.05, 0.1) is 0 Å². The Morgan fingerprint density at radius 3 is 2.35 bits per heavy atom. The van der Waals surface area contributed by atoms with Crippen molar-refractivity contribution in [2.75, 3.05) is 0 Å². The van der Waals surface area contributed by atoms with Crippen LogP contribution in [0.3, 0.4) is 0 Å². The third kappa shape index (κ3) is 2.70. The number of nitrogens with one attached hydrogen (secondary N) is 2. The van der Waals surface area contributed by atoms with Gasteiger partial charge in [-0.15, -0.1) is 0 Å². The second-order valence-corrected chi connectivity index (χ2v) is 5.89. The van der Waals surface area contributed by atoms with E-state index in [1.54, 1.807) is 0 Å². The summed E-state index contributed by atoms with van der Waals surface area (Å²) in [6.07, 6.45) is 0. The number of H-pyrrole nitrogens is 1. The molecule has 17 heavy (non-hydrogen) atoms. The summed E-state index contributed by atoms with van der Waals surface area (Å²) in [6.45, 7) is 11.8. The molecule has 1 heterocycles. The third-order valence-electron chi connectivity index (χ3n) is 3.09. The zero-order valence-electron chi connectivity index (χ0n) is 11.4. The van der Waals surface area contributed by atoms with Crippen molar-refractivity contribution in [3.63, 3.8) is 0 Å². The van der Waals surface area contributed by atoms with Gasteiger partial charge >= 0.3 is 0 Å². The molecule has 0 fully saturated rings. The maximum atomic E-state index is 3.51. The monoisotopic (exact) mass is 230 g/mol. The molecule has 0 aliphatic heterocycles. The van der Waals surface area contributed by atoms with Gasteiger partial charge in [0.15, 0.2) is 0 Å². The van der Waals surface area contributed by atoms with Gasteiger partial charge in [-0.1, -0.05) is 12.1 Å². The Morgan fingerprint density at radius 2 is 1.76 bits per heavy atom. The van der Waals surface area contributed by atoms with E-state index in [2.05, 4.69) is 63.1 Å². The van der Waals surface area contributed by atoms with E-state index in [1.807, 2.05) is 0 Å². The average Bonchev–Trinajstić information content (AvgIpc) is 2.65. The van der Waals surface area contributed by atoms with Crippen LogP contribution in [0.25, 0.3) is 10.9 Å². The molecule has 2 heteroatoms. The van der Waals surface area contributed by atoms with E-state index >= 15 is 0 Å². The first-order chi connectivity index (χ1) is 7.87. The summed E-state index contributed by atoms with van der Waals surface area (Å²) >= 11 is 0. The van der Waals surface area contributed by atoms with Gasteiger partial charge in [0.2, 0.25) is 0 Å². The molecule has 0 amide bonds. The fraction of sp³-hybridized carbons (Fsp3) is 0.467. The lowest BCUT2D eigenvalue weighted by atomic mass is 10.1. The van der Waals surface area contributed by atoms with Crippen molar-refractivity contribution in [2.45, 2.75) is 46.7 Å². The second kappa shape index (κ2) is 4.19. The molecule has 2 N–H and O–H groups in total. The van der Waals surface area contributed by atoms with Crippen LogP contribution in [0.4, 0.5) is 0 Å². The minimum atomic E-state index is 0.154. The predicted molar refractivity (Wildman–Crippen MR) is 74.4 cm³/mol. The number of aromatic amines is 1. The Morgan fingerprint density at radius 1 is 1.12 bits per heavy atom. The highest BCUT2D eigenvalue weighted by molar-refractivity contribution is 5.86. The molecule has 0 saturated carbocycles. The normalized spacial score (nSPS) is 12.3. The number of fused-ring (bicyclic) bond motifs is 1. The Labute approximate surface area is 103 Å². The maximum absolute atomic E-state index is 3.51. The smallest absolute Gasteiger partial charge is 0.0488 e. The van der Waals surface area contributed by atoms with Crippen molar-refractivity contribution in [2.24, 2.45) is 0 Å². The molecule has 0 atom stereocenters. The molecule has 0 aliphatic carbocycles. The van der Waals surface area contributed by atoms with Gasteiger partial charge in [-0.25, -0.2) is 0 Å². The Hall–Kier alpha value is -1.28. The number of rotatable bonds is 2. The number of benzene rings is 1. The molecule has 0 unspecified atom stereocenters. The minimum Gasteiger partial charge on any atom is -0.357 e. The molecule has 0 spiro atoms. The fourth-order valence-electron chi connectivity index (χ4n) is 2.01. The highest BCUT2D eigenvalue weighted by atomic mass is 15.0. The van der Waals surface area contributed by atoms with Gasteiger partial charge in [0.1, 0.15) is 0 Å². The highest BCUT2D eigenvalue weighted by Gasteiger charge is 2.10. The van der Waals surface area contributed by atoms with E-state index < -0.39 is 0 Å². The van der Waals surface area contributed by atoms with E-state index in [0.717, 1.165) is 6.54 Å². The first-order valence-corrected chi connectivity index (χ1v) is 6.20. The number of hydrogen-bond donors (Lipinski definition) is 2. The first kappa shape index (κ1) is 12.2. The number of aromatic nitrogens is 1. The summed E-state index contributed by atoms with van der Waals surface area (Å²) in [5.74, 6) is 0. The van der Waals surface area contributed by atoms with Gasteiger partial charge in [0.25, 0.3) is 0 Å². The van der Waals surface area contributed by atoms with E-state index in [4.69, 9.17) is 0 Å². The molecule has 0 radical (unpaired) electrons. The lowest BCUT2D eigenvalue weighted by molar-refractivity contribution is 0.422. The summed E-state index contributed by atoms with van der Waals surface area (Å²) in [7, 11) is 0. The fourth-order valence-corrected chi connectivity index (χ4v) is 2.01. The van der Waals surface area contributed by atoms with Crippen molar-refractivity contribution < 1.29 is 0 Å². The predicted octanol–water partition coefficient (Wildman–Crippen LogP) is 3.67. The minimum absolute atomic E-state index is 0.154. The van der Waals surface area contributed by atoms with Crippen molar-refractivity contribution in [3.05, 3.63) is 35.0 Å². The molecule has 1 aromatic heterocycles. The highest BCUT2D eigenvalue weighted by Crippen LogP contribution is 2.22. The molecule has 0 aliphatic rings. The number of hydrogen-bond acceptors (Lipinski definition) is 1. The summed E-state index contributed by atoms with van der Waals surface area (Å²) in [5, 5.41) is 4.85. The molecular formula is C15H22N2. The Balaban J connectivity index is 2.32. The van der Waals surface area contributed by atoms with E-state index in [0.29, 0.717) is 0 Å². The van der Waals surface area contributed by atoms with Crippen molar-refractivity contribution in [3.8, 4) is 0 Å². The molecule has 2 aromatic rings. The number of aryl methyl sites for hydroxylation is 2. The summed E-state index contributed by atoms with van der Waals surface area (Å²) in [4.78, 5) is 3.51. The first-order valence-electron chi connectivity index (χ1n) is 6.20. The van der Waals surface area contributed by atoms with Gasteiger partial charge < -0.3 is 10.3 Å². The molecule has 1 aromatic carbocycles. The van der Waals surface area contributed by atoms with Crippen LogP contribution < -0.4 is 5.32 Å². The van der Waals surface area contributed by atoms with Gasteiger partial charge in [0, 0.05) is 28.7 Å². The topological polar surface area (TPSA) is 27.8 Å². The standard InChI is InChI=1S/C15H22N2/c1-10-6-7-11(2)14-13(10)8-12(17-14)9-16-15(3,4)5/h6-8,16-17H,9H2,1-5H3. The zero-order chi connectivity index (χ0) is 12.6. The van der Waals surface area contributed by atoms with Crippen LogP contribution in [-0.2, 0) is 6.54 Å². The SMILES string of the molecule is Cc1ccc(C)c2[nH]c(CNC(C)(C)C)cc12. The lowest BCUT2D eigenvalue weighted by Crippen LogP contribution is -2.35. The molecule has 92 valence electrons. The van der Waals surface area contributed by atoms with Crippen molar-refractivity contribution in [1.82, 2.24) is 10.3 Å². The lowest BCUT2D eigenvalue weighted by Gasteiger charge is -2.19. The van der Waals surface area contributed by atoms with Gasteiger partial charge in [-0.05, 0) is 51.8 Å². The van der Waals surface area contributed by atoms with Crippen molar-refractivity contribution in [1.29, 1.82) is 0 Å². The van der Waals surface area contributed by atoms with Crippen LogP contribution in [0.5, 0.6) is 0 Å². The van der Waals surface area contributed by atoms with Crippen LogP contribution in [0.2, 0.25) is 0 Å².